The summed E-state index contributed by atoms with van der Waals surface area (Å²) in [4.78, 5) is 11.5. The van der Waals surface area contributed by atoms with Gasteiger partial charge in [-0.25, -0.2) is 0 Å². The van der Waals surface area contributed by atoms with E-state index in [-0.39, 0.29) is 11.9 Å². The van der Waals surface area contributed by atoms with Crippen LogP contribution in [0.1, 0.15) is 20.3 Å². The fraction of sp³-hybridized carbons (Fsp3) is 0.312. The number of amides is 1. The molecule has 0 spiro atoms. The lowest BCUT2D eigenvalue weighted by Crippen LogP contribution is -2.36. The number of carbonyl (C=O) groups is 1. The summed E-state index contributed by atoms with van der Waals surface area (Å²) in [6.45, 7) is 4.16. The van der Waals surface area contributed by atoms with Crippen LogP contribution >= 0.6 is 0 Å². The van der Waals surface area contributed by atoms with Crippen LogP contribution in [-0.2, 0) is 4.79 Å². The number of hydrogen-bond acceptors (Lipinski definition) is 2. The van der Waals surface area contributed by atoms with Crippen molar-refractivity contribution in [2.24, 2.45) is 11.7 Å². The van der Waals surface area contributed by atoms with Crippen molar-refractivity contribution in [3.05, 3.63) is 42.5 Å². The molecule has 0 saturated heterocycles. The Hall–Kier alpha value is -2.03. The van der Waals surface area contributed by atoms with Gasteiger partial charge in [-0.15, -0.1) is 0 Å². The maximum atomic E-state index is 11.5. The van der Waals surface area contributed by atoms with E-state index in [4.69, 9.17) is 5.73 Å². The molecule has 0 bridgehead atoms. The molecule has 1 amide bonds. The lowest BCUT2D eigenvalue weighted by Gasteiger charge is -2.18. The zero-order chi connectivity index (χ0) is 13.8. The Kier molecular flexibility index (Phi) is 4.05. The van der Waals surface area contributed by atoms with E-state index in [0.29, 0.717) is 5.92 Å². The summed E-state index contributed by atoms with van der Waals surface area (Å²) < 4.78 is 0. The average molecular weight is 256 g/mol. The lowest BCUT2D eigenvalue weighted by molar-refractivity contribution is -0.119. The van der Waals surface area contributed by atoms with Gasteiger partial charge in [0.05, 0.1) is 0 Å². The Morgan fingerprint density at radius 1 is 1.16 bits per heavy atom. The second-order valence-electron chi connectivity index (χ2n) is 5.29. The van der Waals surface area contributed by atoms with Gasteiger partial charge in [0, 0.05) is 5.69 Å². The van der Waals surface area contributed by atoms with Crippen molar-refractivity contribution < 1.29 is 4.79 Å². The van der Waals surface area contributed by atoms with Crippen molar-refractivity contribution in [2.45, 2.75) is 26.3 Å². The number of hydrogen-bond donors (Lipinski definition) is 2. The third-order valence-corrected chi connectivity index (χ3v) is 3.14. The van der Waals surface area contributed by atoms with E-state index in [1.54, 1.807) is 0 Å². The van der Waals surface area contributed by atoms with Crippen LogP contribution in [0.4, 0.5) is 5.69 Å². The Morgan fingerprint density at radius 2 is 1.84 bits per heavy atom. The number of nitrogens with two attached hydrogens (primary N) is 1. The van der Waals surface area contributed by atoms with Gasteiger partial charge in [0.1, 0.15) is 6.04 Å². The van der Waals surface area contributed by atoms with E-state index in [9.17, 15) is 4.79 Å². The van der Waals surface area contributed by atoms with Crippen LogP contribution in [0.2, 0.25) is 0 Å². The molecule has 0 saturated carbocycles. The Balaban J connectivity index is 2.21. The van der Waals surface area contributed by atoms with E-state index in [1.165, 1.54) is 5.39 Å². The van der Waals surface area contributed by atoms with Crippen LogP contribution in [0, 0.1) is 5.92 Å². The van der Waals surface area contributed by atoms with Crippen LogP contribution in [-0.4, -0.2) is 11.9 Å². The first-order valence-corrected chi connectivity index (χ1v) is 6.61. The van der Waals surface area contributed by atoms with Gasteiger partial charge >= 0.3 is 0 Å². The topological polar surface area (TPSA) is 55.1 Å². The van der Waals surface area contributed by atoms with Crippen molar-refractivity contribution in [3.8, 4) is 0 Å². The standard InChI is InChI=1S/C16H20N2O/c1-11(2)9-15(16(17)19)18-14-8-7-12-5-3-4-6-13(12)10-14/h3-8,10-11,15,18H,9H2,1-2H3,(H2,17,19)/t15-/m0/s1. The number of nitrogens with one attached hydrogen (secondary N) is 1. The van der Waals surface area contributed by atoms with Crippen LogP contribution < -0.4 is 11.1 Å². The van der Waals surface area contributed by atoms with Crippen molar-refractivity contribution in [3.63, 3.8) is 0 Å². The second-order valence-corrected chi connectivity index (χ2v) is 5.29. The quantitative estimate of drug-likeness (QED) is 0.863. The Morgan fingerprint density at radius 3 is 2.47 bits per heavy atom. The molecule has 3 N–H and O–H groups in total. The van der Waals surface area contributed by atoms with Gasteiger partial charge in [0.25, 0.3) is 0 Å². The molecule has 0 heterocycles. The molecule has 100 valence electrons. The predicted molar refractivity (Wildman–Crippen MR) is 80.0 cm³/mol. The first kappa shape index (κ1) is 13.4. The number of primary amides is 1. The molecule has 0 radical (unpaired) electrons. The van der Waals surface area contributed by atoms with Crippen molar-refractivity contribution >= 4 is 22.4 Å². The molecule has 0 aliphatic rings. The normalized spacial score (nSPS) is 12.6. The molecular formula is C16H20N2O. The molecule has 0 unspecified atom stereocenters. The van der Waals surface area contributed by atoms with E-state index < -0.39 is 0 Å². The summed E-state index contributed by atoms with van der Waals surface area (Å²) in [5, 5.41) is 5.57. The highest BCUT2D eigenvalue weighted by molar-refractivity contribution is 5.87. The predicted octanol–water partition coefficient (Wildman–Crippen LogP) is 3.15. The van der Waals surface area contributed by atoms with Crippen molar-refractivity contribution in [1.82, 2.24) is 0 Å². The zero-order valence-corrected chi connectivity index (χ0v) is 11.4. The van der Waals surface area contributed by atoms with Gasteiger partial charge < -0.3 is 11.1 Å². The minimum absolute atomic E-state index is 0.304. The van der Waals surface area contributed by atoms with E-state index in [1.807, 2.05) is 30.3 Å². The highest BCUT2D eigenvalue weighted by atomic mass is 16.1. The summed E-state index contributed by atoms with van der Waals surface area (Å²) in [6.07, 6.45) is 0.738. The highest BCUT2D eigenvalue weighted by Gasteiger charge is 2.16. The van der Waals surface area contributed by atoms with Crippen LogP contribution in [0.25, 0.3) is 10.8 Å². The molecule has 2 rings (SSSR count). The Bertz CT molecular complexity index is 578. The Labute approximate surface area is 113 Å². The van der Waals surface area contributed by atoms with Crippen molar-refractivity contribution in [2.75, 3.05) is 5.32 Å². The van der Waals surface area contributed by atoms with Gasteiger partial charge in [0.2, 0.25) is 5.91 Å². The second kappa shape index (κ2) is 5.74. The number of carbonyl (C=O) groups excluding carboxylic acids is 1. The van der Waals surface area contributed by atoms with Gasteiger partial charge in [-0.05, 0) is 35.2 Å². The smallest absolute Gasteiger partial charge is 0.239 e. The minimum Gasteiger partial charge on any atom is -0.374 e. The number of benzene rings is 2. The van der Waals surface area contributed by atoms with Crippen molar-refractivity contribution in [1.29, 1.82) is 0 Å². The number of anilines is 1. The fourth-order valence-corrected chi connectivity index (χ4v) is 2.20. The monoisotopic (exact) mass is 256 g/mol. The molecular weight excluding hydrogens is 236 g/mol. The summed E-state index contributed by atoms with van der Waals surface area (Å²) in [5.74, 6) is 0.118. The van der Waals surface area contributed by atoms with E-state index >= 15 is 0 Å². The molecule has 0 aliphatic carbocycles. The molecule has 0 aliphatic heterocycles. The third kappa shape index (κ3) is 3.47. The highest BCUT2D eigenvalue weighted by Crippen LogP contribution is 2.20. The molecule has 2 aromatic carbocycles. The molecule has 2 aromatic rings. The molecule has 0 aromatic heterocycles. The summed E-state index contributed by atoms with van der Waals surface area (Å²) in [7, 11) is 0. The molecule has 3 nitrogen and oxygen atoms in total. The molecule has 0 fully saturated rings. The minimum atomic E-state index is -0.318. The summed E-state index contributed by atoms with van der Waals surface area (Å²) in [5.41, 5.74) is 6.38. The number of rotatable bonds is 5. The fourth-order valence-electron chi connectivity index (χ4n) is 2.20. The van der Waals surface area contributed by atoms with Crippen LogP contribution in [0.5, 0.6) is 0 Å². The SMILES string of the molecule is CC(C)C[C@H](Nc1ccc2ccccc2c1)C(N)=O. The van der Waals surface area contributed by atoms with E-state index in [2.05, 4.69) is 31.3 Å². The maximum absolute atomic E-state index is 11.5. The first-order chi connectivity index (χ1) is 9.06. The van der Waals surface area contributed by atoms with Gasteiger partial charge in [-0.1, -0.05) is 44.2 Å². The third-order valence-electron chi connectivity index (χ3n) is 3.14. The largest absolute Gasteiger partial charge is 0.374 e. The summed E-state index contributed by atoms with van der Waals surface area (Å²) in [6, 6.07) is 13.9. The zero-order valence-electron chi connectivity index (χ0n) is 11.4. The van der Waals surface area contributed by atoms with E-state index in [0.717, 1.165) is 17.5 Å². The van der Waals surface area contributed by atoms with Crippen LogP contribution in [0.3, 0.4) is 0 Å². The maximum Gasteiger partial charge on any atom is 0.239 e. The van der Waals surface area contributed by atoms with Gasteiger partial charge in [-0.3, -0.25) is 4.79 Å². The van der Waals surface area contributed by atoms with Gasteiger partial charge in [0.15, 0.2) is 0 Å². The lowest BCUT2D eigenvalue weighted by atomic mass is 10.0. The summed E-state index contributed by atoms with van der Waals surface area (Å²) >= 11 is 0. The van der Waals surface area contributed by atoms with Gasteiger partial charge in [-0.2, -0.15) is 0 Å². The first-order valence-electron chi connectivity index (χ1n) is 6.61. The number of fused-ring (bicyclic) bond motifs is 1. The molecule has 3 heteroatoms. The average Bonchev–Trinajstić information content (AvgIpc) is 2.37. The molecule has 19 heavy (non-hydrogen) atoms. The molecule has 1 atom stereocenters. The van der Waals surface area contributed by atoms with Crippen LogP contribution in [0.15, 0.2) is 42.5 Å².